The van der Waals surface area contributed by atoms with Crippen LogP contribution in [0.15, 0.2) is 24.3 Å². The minimum absolute atomic E-state index is 0.0525. The van der Waals surface area contributed by atoms with Crippen LogP contribution in [0.3, 0.4) is 0 Å². The summed E-state index contributed by atoms with van der Waals surface area (Å²) in [5.41, 5.74) is 6.71. The standard InChI is InChI=1S/C13H21NO4S/c1-17-8-3-9-19(15,16)10-13(14)11-4-6-12(18-2)7-5-11/h4-7,13H,3,8-10,14H2,1-2H3. The fourth-order valence-corrected chi connectivity index (χ4v) is 3.19. The van der Waals surface area contributed by atoms with E-state index in [2.05, 4.69) is 0 Å². The van der Waals surface area contributed by atoms with E-state index >= 15 is 0 Å². The third kappa shape index (κ3) is 5.59. The Morgan fingerprint density at radius 2 is 1.84 bits per heavy atom. The molecule has 0 aliphatic heterocycles. The monoisotopic (exact) mass is 287 g/mol. The first-order valence-electron chi connectivity index (χ1n) is 6.07. The molecule has 108 valence electrons. The lowest BCUT2D eigenvalue weighted by molar-refractivity contribution is 0.199. The van der Waals surface area contributed by atoms with Crippen LogP contribution in [0.5, 0.6) is 5.75 Å². The molecule has 0 aliphatic rings. The Labute approximate surface area is 114 Å². The van der Waals surface area contributed by atoms with Gasteiger partial charge in [0.1, 0.15) is 5.75 Å². The number of hydrogen-bond donors (Lipinski definition) is 1. The van der Waals surface area contributed by atoms with Crippen LogP contribution in [-0.2, 0) is 14.6 Å². The summed E-state index contributed by atoms with van der Waals surface area (Å²) in [6, 6.07) is 6.60. The minimum atomic E-state index is -3.15. The highest BCUT2D eigenvalue weighted by Gasteiger charge is 2.17. The van der Waals surface area contributed by atoms with Gasteiger partial charge in [0.25, 0.3) is 0 Å². The third-order valence-electron chi connectivity index (χ3n) is 2.78. The van der Waals surface area contributed by atoms with Gasteiger partial charge in [-0.15, -0.1) is 0 Å². The van der Waals surface area contributed by atoms with E-state index in [1.165, 1.54) is 0 Å². The predicted octanol–water partition coefficient (Wildman–Crippen LogP) is 1.15. The van der Waals surface area contributed by atoms with E-state index in [0.717, 1.165) is 11.3 Å². The second-order valence-electron chi connectivity index (χ2n) is 4.34. The second-order valence-corrected chi connectivity index (χ2v) is 6.57. The van der Waals surface area contributed by atoms with Crippen LogP contribution in [0.25, 0.3) is 0 Å². The molecule has 0 aliphatic carbocycles. The highest BCUT2D eigenvalue weighted by atomic mass is 32.2. The molecule has 19 heavy (non-hydrogen) atoms. The van der Waals surface area contributed by atoms with Gasteiger partial charge in [-0.25, -0.2) is 8.42 Å². The molecule has 6 heteroatoms. The molecule has 1 aromatic carbocycles. The fraction of sp³-hybridized carbons (Fsp3) is 0.538. The number of benzene rings is 1. The van der Waals surface area contributed by atoms with Crippen molar-refractivity contribution in [1.29, 1.82) is 0 Å². The van der Waals surface area contributed by atoms with E-state index in [4.69, 9.17) is 15.2 Å². The normalized spacial score (nSPS) is 13.2. The van der Waals surface area contributed by atoms with E-state index in [0.29, 0.717) is 13.0 Å². The van der Waals surface area contributed by atoms with Crippen molar-refractivity contribution in [3.8, 4) is 5.75 Å². The highest BCUT2D eigenvalue weighted by molar-refractivity contribution is 7.91. The zero-order valence-electron chi connectivity index (χ0n) is 11.3. The third-order valence-corrected chi connectivity index (χ3v) is 4.56. The summed E-state index contributed by atoms with van der Waals surface area (Å²) in [5, 5.41) is 0. The first-order chi connectivity index (χ1) is 8.98. The second kappa shape index (κ2) is 7.47. The summed E-state index contributed by atoms with van der Waals surface area (Å²) in [7, 11) is -0.0233. The van der Waals surface area contributed by atoms with Gasteiger partial charge in [0.15, 0.2) is 9.84 Å². The van der Waals surface area contributed by atoms with Crippen molar-refractivity contribution in [2.24, 2.45) is 5.73 Å². The van der Waals surface area contributed by atoms with Gasteiger partial charge >= 0.3 is 0 Å². The number of hydrogen-bond acceptors (Lipinski definition) is 5. The minimum Gasteiger partial charge on any atom is -0.497 e. The molecule has 5 nitrogen and oxygen atoms in total. The van der Waals surface area contributed by atoms with Gasteiger partial charge in [-0.05, 0) is 24.1 Å². The number of sulfone groups is 1. The van der Waals surface area contributed by atoms with Gasteiger partial charge in [-0.2, -0.15) is 0 Å². The average molecular weight is 287 g/mol. The maximum absolute atomic E-state index is 11.9. The van der Waals surface area contributed by atoms with Crippen LogP contribution < -0.4 is 10.5 Å². The molecule has 1 aromatic rings. The molecule has 0 aromatic heterocycles. The van der Waals surface area contributed by atoms with Crippen molar-refractivity contribution in [3.63, 3.8) is 0 Å². The lowest BCUT2D eigenvalue weighted by atomic mass is 10.1. The lowest BCUT2D eigenvalue weighted by Gasteiger charge is -2.13. The van der Waals surface area contributed by atoms with Gasteiger partial charge in [0, 0.05) is 19.8 Å². The van der Waals surface area contributed by atoms with E-state index in [9.17, 15) is 8.42 Å². The molecule has 0 amide bonds. The maximum atomic E-state index is 11.9. The van der Waals surface area contributed by atoms with Gasteiger partial charge in [0.2, 0.25) is 0 Å². The number of ether oxygens (including phenoxy) is 2. The molecule has 2 N–H and O–H groups in total. The van der Waals surface area contributed by atoms with Crippen molar-refractivity contribution < 1.29 is 17.9 Å². The largest absolute Gasteiger partial charge is 0.497 e. The summed E-state index contributed by atoms with van der Waals surface area (Å²) in [6.45, 7) is 0.441. The molecule has 1 atom stereocenters. The Hall–Kier alpha value is -1.11. The molecule has 0 fully saturated rings. The number of methoxy groups -OCH3 is 2. The van der Waals surface area contributed by atoms with Crippen molar-refractivity contribution >= 4 is 9.84 Å². The van der Waals surface area contributed by atoms with Crippen LogP contribution in [0.1, 0.15) is 18.0 Å². The summed E-state index contributed by atoms with van der Waals surface area (Å²) in [4.78, 5) is 0. The van der Waals surface area contributed by atoms with Crippen LogP contribution in [0, 0.1) is 0 Å². The molecule has 1 unspecified atom stereocenters. The van der Waals surface area contributed by atoms with Crippen molar-refractivity contribution in [2.45, 2.75) is 12.5 Å². The molecule has 0 heterocycles. The zero-order valence-corrected chi connectivity index (χ0v) is 12.2. The number of rotatable bonds is 8. The topological polar surface area (TPSA) is 78.6 Å². The van der Waals surface area contributed by atoms with Crippen LogP contribution in [0.4, 0.5) is 0 Å². The van der Waals surface area contributed by atoms with E-state index in [1.54, 1.807) is 38.5 Å². The zero-order chi connectivity index (χ0) is 14.3. The Balaban J connectivity index is 2.59. The van der Waals surface area contributed by atoms with E-state index in [1.807, 2.05) is 0 Å². The molecule has 0 radical (unpaired) electrons. The lowest BCUT2D eigenvalue weighted by Crippen LogP contribution is -2.24. The highest BCUT2D eigenvalue weighted by Crippen LogP contribution is 2.17. The Morgan fingerprint density at radius 1 is 1.21 bits per heavy atom. The first kappa shape index (κ1) is 15.9. The molecule has 0 spiro atoms. The van der Waals surface area contributed by atoms with Crippen LogP contribution in [-0.4, -0.2) is 40.7 Å². The number of nitrogens with two attached hydrogens (primary N) is 1. The molecular weight excluding hydrogens is 266 g/mol. The molecular formula is C13H21NO4S. The van der Waals surface area contributed by atoms with Crippen LogP contribution in [0.2, 0.25) is 0 Å². The predicted molar refractivity (Wildman–Crippen MR) is 75.1 cm³/mol. The summed E-state index contributed by atoms with van der Waals surface area (Å²) < 4.78 is 33.6. The average Bonchev–Trinajstić information content (AvgIpc) is 2.38. The Kier molecular flexibility index (Phi) is 6.27. The smallest absolute Gasteiger partial charge is 0.152 e. The van der Waals surface area contributed by atoms with Gasteiger partial charge in [0.05, 0.1) is 18.6 Å². The SMILES string of the molecule is COCCCS(=O)(=O)CC(N)c1ccc(OC)cc1. The molecule has 0 bridgehead atoms. The van der Waals surface area contributed by atoms with Crippen molar-refractivity contribution in [2.75, 3.05) is 32.3 Å². The molecule has 1 rings (SSSR count). The van der Waals surface area contributed by atoms with Crippen molar-refractivity contribution in [3.05, 3.63) is 29.8 Å². The summed E-state index contributed by atoms with van der Waals surface area (Å²) in [6.07, 6.45) is 0.494. The van der Waals surface area contributed by atoms with E-state index < -0.39 is 15.9 Å². The van der Waals surface area contributed by atoms with Gasteiger partial charge in [-0.1, -0.05) is 12.1 Å². The van der Waals surface area contributed by atoms with E-state index in [-0.39, 0.29) is 11.5 Å². The molecule has 0 saturated carbocycles. The van der Waals surface area contributed by atoms with Gasteiger partial charge in [-0.3, -0.25) is 0 Å². The Bertz CT molecular complexity index is 470. The summed E-state index contributed by atoms with van der Waals surface area (Å²) in [5.74, 6) is 0.771. The first-order valence-corrected chi connectivity index (χ1v) is 7.89. The van der Waals surface area contributed by atoms with Crippen molar-refractivity contribution in [1.82, 2.24) is 0 Å². The fourth-order valence-electron chi connectivity index (χ4n) is 1.73. The molecule has 0 saturated heterocycles. The van der Waals surface area contributed by atoms with Crippen LogP contribution >= 0.6 is 0 Å². The Morgan fingerprint density at radius 3 is 2.37 bits per heavy atom. The quantitative estimate of drug-likeness (QED) is 0.726. The van der Waals surface area contributed by atoms with Gasteiger partial charge < -0.3 is 15.2 Å². The summed E-state index contributed by atoms with van der Waals surface area (Å²) >= 11 is 0. The maximum Gasteiger partial charge on any atom is 0.152 e.